The van der Waals surface area contributed by atoms with Crippen LogP contribution in [-0.4, -0.2) is 30.7 Å². The van der Waals surface area contributed by atoms with Crippen molar-refractivity contribution in [1.29, 1.82) is 0 Å². The Morgan fingerprint density at radius 1 is 1.00 bits per heavy atom. The Morgan fingerprint density at radius 3 is 1.88 bits per heavy atom. The molecule has 1 N–H and O–H groups in total. The third-order valence-electron chi connectivity index (χ3n) is 3.72. The van der Waals surface area contributed by atoms with Crippen molar-refractivity contribution >= 4 is 22.1 Å². The van der Waals surface area contributed by atoms with Crippen molar-refractivity contribution in [3.05, 3.63) is 11.1 Å². The molecule has 0 fully saturated rings. The number of carboxylic acids is 2. The molecule has 0 aromatic heterocycles. The fraction of sp³-hybridized carbons (Fsp3) is 0.733. The molecule has 134 valence electrons. The maximum absolute atomic E-state index is 11.3. The first-order chi connectivity index (χ1) is 10.6. The Hall–Kier alpha value is 0.590. The minimum atomic E-state index is -4.23. The average Bonchev–Trinajstić information content (AvgIpc) is 2.43. The van der Waals surface area contributed by atoms with Gasteiger partial charge in [0.15, 0.2) is 0 Å². The van der Waals surface area contributed by atoms with Gasteiger partial charge in [-0.1, -0.05) is 39.5 Å². The van der Waals surface area contributed by atoms with Gasteiger partial charge in [0.25, 0.3) is 10.1 Å². The largest absolute Gasteiger partial charge is 1.00 e. The molecule has 0 rings (SSSR count). The predicted molar refractivity (Wildman–Crippen MR) is 80.6 cm³/mol. The Bertz CT molecular complexity index is 544. The van der Waals surface area contributed by atoms with E-state index in [4.69, 9.17) is 4.55 Å². The maximum atomic E-state index is 11.3. The van der Waals surface area contributed by atoms with Crippen molar-refractivity contribution in [3.8, 4) is 0 Å². The van der Waals surface area contributed by atoms with Gasteiger partial charge in [-0.2, -0.15) is 8.42 Å². The predicted octanol–water partition coefficient (Wildman–Crippen LogP) is -5.93. The van der Waals surface area contributed by atoms with Gasteiger partial charge in [-0.25, -0.2) is 0 Å². The van der Waals surface area contributed by atoms with Crippen molar-refractivity contribution in [2.75, 3.05) is 5.75 Å². The molecule has 0 saturated heterocycles. The Morgan fingerprint density at radius 2 is 1.52 bits per heavy atom. The van der Waals surface area contributed by atoms with Crippen molar-refractivity contribution in [3.63, 3.8) is 0 Å². The summed E-state index contributed by atoms with van der Waals surface area (Å²) in [6.07, 6.45) is 2.86. The monoisotopic (exact) mass is 394 g/mol. The number of hydrogen-bond acceptors (Lipinski definition) is 6. The zero-order valence-electron chi connectivity index (χ0n) is 15.5. The minimum absolute atomic E-state index is 0. The number of rotatable bonds is 12. The van der Waals surface area contributed by atoms with Gasteiger partial charge in [-0.3, -0.25) is 4.55 Å². The molecule has 1 atom stereocenters. The molecule has 0 aromatic rings. The molecule has 7 nitrogen and oxygen atoms in total. The number of carboxylic acid groups (broad SMARTS) is 2. The standard InChI is InChI=1S/C15H26O7S.2Na/c1-3-5-7-11(4-2)10-13(15(18)19)12(14(16)17)8-6-9-23(20,21)22;;/h11H,3-10H2,1-2H3,(H,16,17)(H,18,19)(H,20,21,22);;/q;2*+1/p-2/b13-12-;;. The van der Waals surface area contributed by atoms with E-state index in [1.54, 1.807) is 0 Å². The Balaban J connectivity index is -0.00000242. The smallest absolute Gasteiger partial charge is 0.545 e. The second kappa shape index (κ2) is 15.6. The van der Waals surface area contributed by atoms with Gasteiger partial charge in [0, 0.05) is 0 Å². The first kappa shape index (κ1) is 30.3. The van der Waals surface area contributed by atoms with E-state index < -0.39 is 33.4 Å². The fourth-order valence-corrected chi connectivity index (χ4v) is 2.88. The van der Waals surface area contributed by atoms with Crippen molar-refractivity contribution in [2.45, 2.75) is 58.8 Å². The molecule has 25 heavy (non-hydrogen) atoms. The third-order valence-corrected chi connectivity index (χ3v) is 4.53. The van der Waals surface area contributed by atoms with E-state index in [0.717, 1.165) is 19.3 Å². The molecule has 0 heterocycles. The van der Waals surface area contributed by atoms with Crippen LogP contribution >= 0.6 is 0 Å². The van der Waals surface area contributed by atoms with Crippen LogP contribution in [0.4, 0.5) is 0 Å². The van der Waals surface area contributed by atoms with Gasteiger partial charge in [0.05, 0.1) is 17.7 Å². The summed E-state index contributed by atoms with van der Waals surface area (Å²) in [5.74, 6) is -3.85. The maximum Gasteiger partial charge on any atom is 1.00 e. The summed E-state index contributed by atoms with van der Waals surface area (Å²) in [5, 5.41) is 22.5. The molecule has 0 spiro atoms. The minimum Gasteiger partial charge on any atom is -0.545 e. The first-order valence-electron chi connectivity index (χ1n) is 7.72. The Labute approximate surface area is 194 Å². The zero-order valence-corrected chi connectivity index (χ0v) is 20.4. The molecule has 0 aliphatic heterocycles. The molecule has 0 aliphatic carbocycles. The first-order valence-corrected chi connectivity index (χ1v) is 9.33. The number of hydrogen-bond donors (Lipinski definition) is 1. The van der Waals surface area contributed by atoms with Crippen LogP contribution in [0, 0.1) is 5.92 Å². The second-order valence-corrected chi connectivity index (χ2v) is 7.11. The molecule has 1 unspecified atom stereocenters. The zero-order chi connectivity index (χ0) is 18.0. The summed E-state index contributed by atoms with van der Waals surface area (Å²) < 4.78 is 30.0. The third kappa shape index (κ3) is 14.3. The van der Waals surface area contributed by atoms with E-state index in [1.165, 1.54) is 0 Å². The van der Waals surface area contributed by atoms with Crippen LogP contribution in [0.2, 0.25) is 0 Å². The van der Waals surface area contributed by atoms with Crippen LogP contribution in [0.5, 0.6) is 0 Å². The van der Waals surface area contributed by atoms with Crippen molar-refractivity contribution in [1.82, 2.24) is 0 Å². The van der Waals surface area contributed by atoms with E-state index in [9.17, 15) is 28.2 Å². The van der Waals surface area contributed by atoms with Crippen LogP contribution in [0.25, 0.3) is 0 Å². The number of unbranched alkanes of at least 4 members (excludes halogenated alkanes) is 1. The van der Waals surface area contributed by atoms with Crippen LogP contribution < -0.4 is 69.3 Å². The van der Waals surface area contributed by atoms with Crippen LogP contribution in [0.1, 0.15) is 58.8 Å². The molecule has 0 amide bonds. The van der Waals surface area contributed by atoms with Crippen molar-refractivity contribution in [2.24, 2.45) is 5.92 Å². The SMILES string of the molecule is CCCCC(CC)C/C(C(=O)[O-])=C(\CCCS(=O)(=O)O)C(=O)[O-].[Na+].[Na+]. The molecule has 0 aliphatic rings. The normalized spacial score (nSPS) is 13.1. The number of carbonyl (C=O) groups excluding carboxylic acids is 2. The quantitative estimate of drug-likeness (QED) is 0.198. The summed E-state index contributed by atoms with van der Waals surface area (Å²) in [6, 6.07) is 0. The van der Waals surface area contributed by atoms with E-state index >= 15 is 0 Å². The second-order valence-electron chi connectivity index (χ2n) is 5.54. The van der Waals surface area contributed by atoms with Gasteiger partial charge >= 0.3 is 59.1 Å². The van der Waals surface area contributed by atoms with E-state index in [2.05, 4.69) is 0 Å². The van der Waals surface area contributed by atoms with Crippen LogP contribution in [-0.2, 0) is 19.7 Å². The fourth-order valence-electron chi connectivity index (χ4n) is 2.37. The van der Waals surface area contributed by atoms with Gasteiger partial charge in [0.1, 0.15) is 0 Å². The van der Waals surface area contributed by atoms with E-state index in [1.807, 2.05) is 13.8 Å². The Kier molecular flexibility index (Phi) is 19.0. The summed E-state index contributed by atoms with van der Waals surface area (Å²) in [5.41, 5.74) is -0.799. The molecule has 0 aromatic carbocycles. The molecule has 0 saturated carbocycles. The van der Waals surface area contributed by atoms with Gasteiger partial charge in [0.2, 0.25) is 0 Å². The summed E-state index contributed by atoms with van der Waals surface area (Å²) in [4.78, 5) is 22.5. The molecule has 0 bridgehead atoms. The molecule has 0 radical (unpaired) electrons. The van der Waals surface area contributed by atoms with Crippen LogP contribution in [0.3, 0.4) is 0 Å². The number of aliphatic carboxylic acids is 2. The molecular formula is C15H24Na2O7S. The summed E-state index contributed by atoms with van der Waals surface area (Å²) >= 11 is 0. The van der Waals surface area contributed by atoms with Gasteiger partial charge in [-0.15, -0.1) is 0 Å². The van der Waals surface area contributed by atoms with Gasteiger partial charge < -0.3 is 19.8 Å². The summed E-state index contributed by atoms with van der Waals surface area (Å²) in [6.45, 7) is 3.90. The molecular weight excluding hydrogens is 370 g/mol. The topological polar surface area (TPSA) is 135 Å². The van der Waals surface area contributed by atoms with E-state index in [-0.39, 0.29) is 89.9 Å². The van der Waals surface area contributed by atoms with Gasteiger partial charge in [-0.05, 0) is 36.3 Å². The molecule has 10 heteroatoms. The average molecular weight is 394 g/mol. The number of carbonyl (C=O) groups is 2. The van der Waals surface area contributed by atoms with Crippen LogP contribution in [0.15, 0.2) is 11.1 Å². The van der Waals surface area contributed by atoms with E-state index in [0.29, 0.717) is 6.42 Å². The summed E-state index contributed by atoms with van der Waals surface area (Å²) in [7, 11) is -4.23. The van der Waals surface area contributed by atoms with Crippen molar-refractivity contribution < 1.29 is 91.9 Å².